The van der Waals surface area contributed by atoms with E-state index in [9.17, 15) is 14.7 Å². The summed E-state index contributed by atoms with van der Waals surface area (Å²) in [4.78, 5) is 28.2. The van der Waals surface area contributed by atoms with Crippen LogP contribution in [0.5, 0.6) is 0 Å². The van der Waals surface area contributed by atoms with Gasteiger partial charge in [-0.1, -0.05) is 48.5 Å². The topological polar surface area (TPSA) is 120 Å². The molecule has 0 bridgehead atoms. The second kappa shape index (κ2) is 9.12. The molecule has 0 saturated carbocycles. The van der Waals surface area contributed by atoms with Crippen LogP contribution in [0, 0.1) is 5.41 Å². The zero-order chi connectivity index (χ0) is 22.7. The minimum atomic E-state index is -1.00. The van der Waals surface area contributed by atoms with Crippen molar-refractivity contribution in [2.75, 3.05) is 13.2 Å². The maximum absolute atomic E-state index is 13.8. The molecule has 4 rings (SSSR count). The highest BCUT2D eigenvalue weighted by Crippen LogP contribution is 2.47. The van der Waals surface area contributed by atoms with Crippen LogP contribution in [-0.4, -0.2) is 46.3 Å². The monoisotopic (exact) mass is 434 g/mol. The molecule has 2 aliphatic rings. The lowest BCUT2D eigenvalue weighted by Gasteiger charge is -2.45. The van der Waals surface area contributed by atoms with Crippen LogP contribution in [0.3, 0.4) is 0 Å². The van der Waals surface area contributed by atoms with Crippen LogP contribution in [0.4, 0.5) is 0 Å². The van der Waals surface area contributed by atoms with Gasteiger partial charge in [0.1, 0.15) is 18.0 Å². The Hall–Kier alpha value is -3.19. The van der Waals surface area contributed by atoms with Crippen molar-refractivity contribution in [3.63, 3.8) is 0 Å². The van der Waals surface area contributed by atoms with Crippen molar-refractivity contribution >= 4 is 17.6 Å². The molecule has 32 heavy (non-hydrogen) atoms. The quantitative estimate of drug-likeness (QED) is 0.411. The third-order valence-corrected chi connectivity index (χ3v) is 6.91. The van der Waals surface area contributed by atoms with Gasteiger partial charge in [-0.05, 0) is 48.8 Å². The van der Waals surface area contributed by atoms with E-state index in [1.807, 2.05) is 24.3 Å². The van der Waals surface area contributed by atoms with Gasteiger partial charge in [-0.25, -0.2) is 0 Å². The Morgan fingerprint density at radius 3 is 2.62 bits per heavy atom. The number of aryl methyl sites for hydroxylation is 1. The lowest BCUT2D eigenvalue weighted by Crippen LogP contribution is -2.61. The number of nitrogens with two attached hydrogens (primary N) is 1. The summed E-state index contributed by atoms with van der Waals surface area (Å²) >= 11 is 0. The first-order chi connectivity index (χ1) is 15.5. The van der Waals surface area contributed by atoms with Crippen molar-refractivity contribution in [2.45, 2.75) is 50.1 Å². The van der Waals surface area contributed by atoms with Crippen molar-refractivity contribution in [3.05, 3.63) is 70.8 Å². The number of nitrogen functional groups attached to an aromatic ring is 1. The number of hydrogen-bond acceptors (Lipinski definition) is 4. The molecule has 0 aromatic heterocycles. The van der Waals surface area contributed by atoms with E-state index in [0.717, 1.165) is 36.8 Å². The fraction of sp³-hybridized carbons (Fsp3) is 0.400. The zero-order valence-corrected chi connectivity index (χ0v) is 18.1. The van der Waals surface area contributed by atoms with Gasteiger partial charge in [-0.2, -0.15) is 0 Å². The van der Waals surface area contributed by atoms with Gasteiger partial charge in [0.05, 0.1) is 0 Å². The fourth-order valence-corrected chi connectivity index (χ4v) is 5.42. The molecule has 2 atom stereocenters. The number of amides is 2. The Morgan fingerprint density at radius 1 is 1.16 bits per heavy atom. The molecule has 168 valence electrons. The number of aliphatic hydroxyl groups excluding tert-OH is 1. The molecule has 1 fully saturated rings. The number of rotatable bonds is 6. The van der Waals surface area contributed by atoms with Gasteiger partial charge in [-0.3, -0.25) is 15.0 Å². The number of fused-ring (bicyclic) bond motifs is 1. The summed E-state index contributed by atoms with van der Waals surface area (Å²) in [6, 6.07) is 15.4. The molecule has 0 spiro atoms. The van der Waals surface area contributed by atoms with Crippen molar-refractivity contribution in [2.24, 2.45) is 5.73 Å². The Balaban J connectivity index is 1.65. The van der Waals surface area contributed by atoms with Gasteiger partial charge >= 0.3 is 0 Å². The van der Waals surface area contributed by atoms with Crippen LogP contribution in [0.2, 0.25) is 0 Å². The molecular formula is C25H30N4O3. The fourth-order valence-electron chi connectivity index (χ4n) is 5.42. The van der Waals surface area contributed by atoms with Gasteiger partial charge < -0.3 is 21.1 Å². The maximum atomic E-state index is 13.8. The molecule has 1 saturated heterocycles. The van der Waals surface area contributed by atoms with Crippen LogP contribution in [0.1, 0.15) is 53.9 Å². The van der Waals surface area contributed by atoms with E-state index >= 15 is 0 Å². The van der Waals surface area contributed by atoms with Crippen molar-refractivity contribution in [3.8, 4) is 0 Å². The first-order valence-corrected chi connectivity index (χ1v) is 11.2. The summed E-state index contributed by atoms with van der Waals surface area (Å²) in [7, 11) is 0. The molecule has 2 aromatic carbocycles. The van der Waals surface area contributed by atoms with Crippen molar-refractivity contribution in [1.82, 2.24) is 10.2 Å². The summed E-state index contributed by atoms with van der Waals surface area (Å²) in [5.74, 6) is -0.675. The predicted octanol–water partition coefficient (Wildman–Crippen LogP) is 2.06. The normalized spacial score (nSPS) is 22.3. The highest BCUT2D eigenvalue weighted by atomic mass is 16.3. The highest BCUT2D eigenvalue weighted by molar-refractivity contribution is 5.95. The molecule has 2 aromatic rings. The predicted molar refractivity (Wildman–Crippen MR) is 122 cm³/mol. The second-order valence-corrected chi connectivity index (χ2v) is 8.67. The van der Waals surface area contributed by atoms with Gasteiger partial charge in [-0.15, -0.1) is 0 Å². The average molecular weight is 435 g/mol. The Bertz CT molecular complexity index is 1020. The molecule has 1 aliphatic heterocycles. The number of aliphatic hydroxyl groups is 1. The van der Waals surface area contributed by atoms with E-state index in [4.69, 9.17) is 11.1 Å². The number of carbonyl (C=O) groups excluding carboxylic acids is 2. The molecule has 0 radical (unpaired) electrons. The smallest absolute Gasteiger partial charge is 0.249 e. The molecular weight excluding hydrogens is 404 g/mol. The first-order valence-electron chi connectivity index (χ1n) is 11.2. The summed E-state index contributed by atoms with van der Waals surface area (Å²) in [6.45, 7) is 0.184. The zero-order valence-electron chi connectivity index (χ0n) is 18.1. The van der Waals surface area contributed by atoms with E-state index in [2.05, 4.69) is 17.4 Å². The molecule has 1 heterocycles. The Morgan fingerprint density at radius 2 is 1.91 bits per heavy atom. The van der Waals surface area contributed by atoms with Crippen LogP contribution < -0.4 is 11.1 Å². The van der Waals surface area contributed by atoms with E-state index < -0.39 is 18.1 Å². The summed E-state index contributed by atoms with van der Waals surface area (Å²) in [5.41, 5.74) is 8.41. The highest BCUT2D eigenvalue weighted by Gasteiger charge is 2.55. The van der Waals surface area contributed by atoms with Crippen LogP contribution in [0.25, 0.3) is 0 Å². The van der Waals surface area contributed by atoms with Crippen LogP contribution in [-0.2, 0) is 22.6 Å². The standard InChI is InChI=1S/C25H30N4O3/c26-23(27)19-11-9-17(10-12-19)15-28-24(32)25(13-4-14-29(25)22(31)16-30)21-8-3-6-18-5-1-2-7-20(18)21/h1-2,5,7,9-12,21,30H,3-4,6,8,13-16H2,(H3,26,27)(H,28,32)/t21?,25-/m1/s1. The number of nitrogens with zero attached hydrogens (tertiary/aromatic N) is 1. The number of hydrogen-bond donors (Lipinski definition) is 4. The number of amidine groups is 1. The number of nitrogens with one attached hydrogen (secondary N) is 2. The van der Waals surface area contributed by atoms with E-state index in [1.54, 1.807) is 17.0 Å². The van der Waals surface area contributed by atoms with Crippen molar-refractivity contribution in [1.29, 1.82) is 5.41 Å². The number of likely N-dealkylation sites (tertiary alicyclic amines) is 1. The SMILES string of the molecule is N=C(N)c1ccc(CNC(=O)[C@]2(C3CCCc4ccccc43)CCCN2C(=O)CO)cc1. The lowest BCUT2D eigenvalue weighted by molar-refractivity contribution is -0.148. The third-order valence-electron chi connectivity index (χ3n) is 6.91. The second-order valence-electron chi connectivity index (χ2n) is 8.67. The van der Waals surface area contributed by atoms with Crippen LogP contribution in [0.15, 0.2) is 48.5 Å². The van der Waals surface area contributed by atoms with Crippen molar-refractivity contribution < 1.29 is 14.7 Å². The van der Waals surface area contributed by atoms with E-state index in [-0.39, 0.29) is 17.7 Å². The molecule has 2 amide bonds. The summed E-state index contributed by atoms with van der Waals surface area (Å²) in [6.07, 6.45) is 4.07. The number of benzene rings is 2. The van der Waals surface area contributed by atoms with Gasteiger partial charge in [0, 0.05) is 24.6 Å². The minimum Gasteiger partial charge on any atom is -0.387 e. The molecule has 1 unspecified atom stereocenters. The summed E-state index contributed by atoms with van der Waals surface area (Å²) in [5, 5.41) is 20.2. The van der Waals surface area contributed by atoms with Gasteiger partial charge in [0.25, 0.3) is 0 Å². The molecule has 7 heteroatoms. The minimum absolute atomic E-state index is 0.000356. The first kappa shape index (κ1) is 22.0. The maximum Gasteiger partial charge on any atom is 0.249 e. The molecule has 1 aliphatic carbocycles. The Kier molecular flexibility index (Phi) is 6.28. The Labute approximate surface area is 188 Å². The average Bonchev–Trinajstić information content (AvgIpc) is 3.28. The largest absolute Gasteiger partial charge is 0.387 e. The number of carbonyl (C=O) groups is 2. The van der Waals surface area contributed by atoms with E-state index in [0.29, 0.717) is 25.1 Å². The summed E-state index contributed by atoms with van der Waals surface area (Å²) < 4.78 is 0. The van der Waals surface area contributed by atoms with Crippen LogP contribution >= 0.6 is 0 Å². The van der Waals surface area contributed by atoms with E-state index in [1.165, 1.54) is 5.56 Å². The van der Waals surface area contributed by atoms with Gasteiger partial charge in [0.15, 0.2) is 0 Å². The molecule has 7 nitrogen and oxygen atoms in total. The lowest BCUT2D eigenvalue weighted by atomic mass is 9.69. The molecule has 5 N–H and O–H groups in total. The van der Waals surface area contributed by atoms with Gasteiger partial charge in [0.2, 0.25) is 11.8 Å². The third kappa shape index (κ3) is 3.88.